The summed E-state index contributed by atoms with van der Waals surface area (Å²) in [7, 11) is 0. The maximum atomic E-state index is 8.56. The van der Waals surface area contributed by atoms with Crippen molar-refractivity contribution < 1.29 is 30.3 Å². The standard InChI is InChI=1S/C4H10O3.CH2O3/c1-3(6)4(7)2-5;2-1(3)4/h3-7H,2H2,1H3;(H2,2,3,4). The molecule has 0 aromatic heterocycles. The molecular weight excluding hydrogens is 156 g/mol. The first-order valence-electron chi connectivity index (χ1n) is 2.80. The third-order valence-corrected chi connectivity index (χ3v) is 0.744. The lowest BCUT2D eigenvalue weighted by molar-refractivity contribution is -0.00425. The summed E-state index contributed by atoms with van der Waals surface area (Å²) in [6.45, 7) is 1.04. The molecular formula is C5H12O6. The van der Waals surface area contributed by atoms with Crippen LogP contribution in [0.2, 0.25) is 0 Å². The van der Waals surface area contributed by atoms with E-state index >= 15 is 0 Å². The Balaban J connectivity index is 0. The van der Waals surface area contributed by atoms with Crippen LogP contribution in [-0.4, -0.2) is 50.5 Å². The van der Waals surface area contributed by atoms with Crippen molar-refractivity contribution in [3.8, 4) is 0 Å². The van der Waals surface area contributed by atoms with Crippen LogP contribution in [0.3, 0.4) is 0 Å². The summed E-state index contributed by atoms with van der Waals surface area (Å²) in [5.41, 5.74) is 0. The van der Waals surface area contributed by atoms with Crippen LogP contribution >= 0.6 is 0 Å². The van der Waals surface area contributed by atoms with E-state index in [2.05, 4.69) is 0 Å². The Hall–Kier alpha value is -0.850. The van der Waals surface area contributed by atoms with Gasteiger partial charge < -0.3 is 25.5 Å². The topological polar surface area (TPSA) is 118 Å². The lowest BCUT2D eigenvalue weighted by atomic mass is 10.2. The average Bonchev–Trinajstić information content (AvgIpc) is 1.85. The predicted octanol–water partition coefficient (Wildman–Crippen LogP) is -1.06. The SMILES string of the molecule is CC(O)C(O)CO.O=C(O)O. The number of aliphatic hydroxyl groups excluding tert-OH is 3. The molecule has 0 rings (SSSR count). The average molecular weight is 168 g/mol. The molecule has 0 saturated heterocycles. The number of hydrogen-bond donors (Lipinski definition) is 5. The minimum absolute atomic E-state index is 0.377. The van der Waals surface area contributed by atoms with Gasteiger partial charge in [0.05, 0.1) is 12.7 Å². The summed E-state index contributed by atoms with van der Waals surface area (Å²) < 4.78 is 0. The van der Waals surface area contributed by atoms with E-state index in [-0.39, 0.29) is 6.61 Å². The first kappa shape index (κ1) is 12.8. The van der Waals surface area contributed by atoms with Crippen LogP contribution in [0.1, 0.15) is 6.92 Å². The molecule has 0 aliphatic rings. The van der Waals surface area contributed by atoms with E-state index in [0.29, 0.717) is 0 Å². The van der Waals surface area contributed by atoms with E-state index in [1.807, 2.05) is 0 Å². The second-order valence-electron chi connectivity index (χ2n) is 1.77. The molecule has 0 bridgehead atoms. The fraction of sp³-hybridized carbons (Fsp3) is 0.800. The van der Waals surface area contributed by atoms with Gasteiger partial charge in [-0.25, -0.2) is 4.79 Å². The van der Waals surface area contributed by atoms with Crippen LogP contribution in [0, 0.1) is 0 Å². The molecule has 0 aromatic carbocycles. The highest BCUT2D eigenvalue weighted by Gasteiger charge is 2.06. The molecule has 2 unspecified atom stereocenters. The molecule has 0 amide bonds. The number of aliphatic hydroxyl groups is 3. The highest BCUT2D eigenvalue weighted by molar-refractivity contribution is 5.53. The van der Waals surface area contributed by atoms with Crippen molar-refractivity contribution in [2.45, 2.75) is 19.1 Å². The smallest absolute Gasteiger partial charge is 0.450 e. The molecule has 0 fully saturated rings. The van der Waals surface area contributed by atoms with Crippen molar-refractivity contribution in [3.05, 3.63) is 0 Å². The Kier molecular flexibility index (Phi) is 8.44. The number of carbonyl (C=O) groups is 1. The minimum Gasteiger partial charge on any atom is -0.450 e. The molecule has 6 nitrogen and oxygen atoms in total. The van der Waals surface area contributed by atoms with Gasteiger partial charge in [-0.3, -0.25) is 0 Å². The second-order valence-corrected chi connectivity index (χ2v) is 1.77. The molecule has 0 aliphatic carbocycles. The van der Waals surface area contributed by atoms with E-state index in [9.17, 15) is 0 Å². The van der Waals surface area contributed by atoms with Gasteiger partial charge in [-0.1, -0.05) is 0 Å². The summed E-state index contributed by atoms with van der Waals surface area (Å²) in [6.07, 6.45) is -3.65. The first-order valence-corrected chi connectivity index (χ1v) is 2.80. The summed E-state index contributed by atoms with van der Waals surface area (Å²) in [4.78, 5) is 8.56. The Labute approximate surface area is 63.3 Å². The van der Waals surface area contributed by atoms with E-state index < -0.39 is 18.4 Å². The Morgan fingerprint density at radius 2 is 1.64 bits per heavy atom. The van der Waals surface area contributed by atoms with Crippen molar-refractivity contribution in [2.24, 2.45) is 0 Å². The molecule has 68 valence electrons. The van der Waals surface area contributed by atoms with E-state index in [1.165, 1.54) is 6.92 Å². The van der Waals surface area contributed by atoms with Gasteiger partial charge in [0.25, 0.3) is 0 Å². The maximum Gasteiger partial charge on any atom is 0.503 e. The third kappa shape index (κ3) is 17.6. The molecule has 5 N–H and O–H groups in total. The fourth-order valence-corrected chi connectivity index (χ4v) is 0.153. The van der Waals surface area contributed by atoms with Gasteiger partial charge in [0.2, 0.25) is 0 Å². The number of carboxylic acid groups (broad SMARTS) is 2. The highest BCUT2D eigenvalue weighted by atomic mass is 16.6. The monoisotopic (exact) mass is 168 g/mol. The van der Waals surface area contributed by atoms with Gasteiger partial charge >= 0.3 is 6.16 Å². The fourth-order valence-electron chi connectivity index (χ4n) is 0.153. The summed E-state index contributed by atoms with van der Waals surface area (Å²) in [5, 5.41) is 38.9. The van der Waals surface area contributed by atoms with Gasteiger partial charge in [-0.15, -0.1) is 0 Å². The molecule has 11 heavy (non-hydrogen) atoms. The quantitative estimate of drug-likeness (QED) is 0.358. The molecule has 2 atom stereocenters. The molecule has 0 aliphatic heterocycles. The van der Waals surface area contributed by atoms with E-state index in [1.54, 1.807) is 0 Å². The molecule has 0 aromatic rings. The summed E-state index contributed by atoms with van der Waals surface area (Å²) in [5.74, 6) is 0. The van der Waals surface area contributed by atoms with Gasteiger partial charge in [0.15, 0.2) is 0 Å². The Morgan fingerprint density at radius 1 is 1.36 bits per heavy atom. The summed E-state index contributed by atoms with van der Waals surface area (Å²) in [6, 6.07) is 0. The predicted molar refractivity (Wildman–Crippen MR) is 35.4 cm³/mol. The molecule has 0 radical (unpaired) electrons. The summed E-state index contributed by atoms with van der Waals surface area (Å²) >= 11 is 0. The zero-order valence-corrected chi connectivity index (χ0v) is 6.01. The molecule has 0 spiro atoms. The zero-order chi connectivity index (χ0) is 9.44. The van der Waals surface area contributed by atoms with Crippen LogP contribution in [0.4, 0.5) is 4.79 Å². The van der Waals surface area contributed by atoms with Gasteiger partial charge in [-0.05, 0) is 6.92 Å². The molecule has 0 saturated carbocycles. The van der Waals surface area contributed by atoms with Crippen LogP contribution in [0.25, 0.3) is 0 Å². The van der Waals surface area contributed by atoms with Crippen LogP contribution in [0.5, 0.6) is 0 Å². The Bertz CT molecular complexity index is 97.1. The maximum absolute atomic E-state index is 8.56. The van der Waals surface area contributed by atoms with Crippen molar-refractivity contribution in [2.75, 3.05) is 6.61 Å². The van der Waals surface area contributed by atoms with Gasteiger partial charge in [-0.2, -0.15) is 0 Å². The number of rotatable bonds is 2. The second kappa shape index (κ2) is 7.26. The largest absolute Gasteiger partial charge is 0.503 e. The van der Waals surface area contributed by atoms with Gasteiger partial charge in [0.1, 0.15) is 6.10 Å². The normalized spacial score (nSPS) is 14.2. The third-order valence-electron chi connectivity index (χ3n) is 0.744. The van der Waals surface area contributed by atoms with Crippen LogP contribution in [-0.2, 0) is 0 Å². The molecule has 0 heterocycles. The van der Waals surface area contributed by atoms with Crippen molar-refractivity contribution >= 4 is 6.16 Å². The van der Waals surface area contributed by atoms with Crippen molar-refractivity contribution in [1.29, 1.82) is 0 Å². The Morgan fingerprint density at radius 3 is 1.64 bits per heavy atom. The van der Waals surface area contributed by atoms with Crippen molar-refractivity contribution in [1.82, 2.24) is 0 Å². The van der Waals surface area contributed by atoms with E-state index in [0.717, 1.165) is 0 Å². The lowest BCUT2D eigenvalue weighted by Crippen LogP contribution is -2.25. The first-order chi connectivity index (χ1) is 4.91. The number of hydrogen-bond acceptors (Lipinski definition) is 4. The highest BCUT2D eigenvalue weighted by Crippen LogP contribution is 1.87. The van der Waals surface area contributed by atoms with Crippen LogP contribution in [0.15, 0.2) is 0 Å². The molecule has 6 heteroatoms. The lowest BCUT2D eigenvalue weighted by Gasteiger charge is -2.07. The van der Waals surface area contributed by atoms with Crippen molar-refractivity contribution in [3.63, 3.8) is 0 Å². The zero-order valence-electron chi connectivity index (χ0n) is 6.01. The van der Waals surface area contributed by atoms with E-state index in [4.69, 9.17) is 30.3 Å². The van der Waals surface area contributed by atoms with Crippen LogP contribution < -0.4 is 0 Å². The van der Waals surface area contributed by atoms with Gasteiger partial charge in [0, 0.05) is 0 Å². The minimum atomic E-state index is -1.83.